The van der Waals surface area contributed by atoms with Crippen LogP contribution in [0.25, 0.3) is 0 Å². The van der Waals surface area contributed by atoms with E-state index in [1.54, 1.807) is 6.92 Å². The molecule has 1 aromatic rings. The molecule has 0 unspecified atom stereocenters. The first kappa shape index (κ1) is 13.9. The molecule has 1 fully saturated rings. The molecule has 104 valence electrons. The molecular weight excluding hydrogens is 254 g/mol. The lowest BCUT2D eigenvalue weighted by Gasteiger charge is -2.34. The van der Waals surface area contributed by atoms with Crippen LogP contribution in [0.15, 0.2) is 18.2 Å². The molecule has 19 heavy (non-hydrogen) atoms. The number of carbonyl (C=O) groups is 1. The van der Waals surface area contributed by atoms with E-state index < -0.39 is 17.5 Å². The van der Waals surface area contributed by atoms with Gasteiger partial charge in [0.15, 0.2) is 0 Å². The highest BCUT2D eigenvalue weighted by molar-refractivity contribution is 5.94. The SMILES string of the molecule is C[C@@H](N)[C@H]1CN(C(=O)c2ccc(F)cc2F)CCO1. The fourth-order valence-corrected chi connectivity index (χ4v) is 2.01. The molecule has 0 radical (unpaired) electrons. The van der Waals surface area contributed by atoms with Crippen LogP contribution in [0.3, 0.4) is 0 Å². The molecular formula is C13H16F2N2O2. The molecule has 2 N–H and O–H groups in total. The summed E-state index contributed by atoms with van der Waals surface area (Å²) in [6.45, 7) is 2.84. The van der Waals surface area contributed by atoms with E-state index in [0.29, 0.717) is 25.8 Å². The summed E-state index contributed by atoms with van der Waals surface area (Å²) in [4.78, 5) is 13.6. The van der Waals surface area contributed by atoms with Gasteiger partial charge in [0.2, 0.25) is 0 Å². The number of rotatable bonds is 2. The number of hydrogen-bond donors (Lipinski definition) is 1. The van der Waals surface area contributed by atoms with Gasteiger partial charge in [0, 0.05) is 25.2 Å². The molecule has 1 aliphatic heterocycles. The highest BCUT2D eigenvalue weighted by Gasteiger charge is 2.28. The molecule has 0 bridgehead atoms. The molecule has 1 aliphatic rings. The summed E-state index contributed by atoms with van der Waals surface area (Å²) in [5.41, 5.74) is 5.60. The van der Waals surface area contributed by atoms with Crippen LogP contribution in [0.2, 0.25) is 0 Å². The Morgan fingerprint density at radius 3 is 2.89 bits per heavy atom. The number of benzene rings is 1. The van der Waals surface area contributed by atoms with Crippen molar-refractivity contribution in [2.24, 2.45) is 5.73 Å². The van der Waals surface area contributed by atoms with E-state index in [4.69, 9.17) is 10.5 Å². The maximum Gasteiger partial charge on any atom is 0.257 e. The average Bonchev–Trinajstić information content (AvgIpc) is 2.38. The van der Waals surface area contributed by atoms with Crippen molar-refractivity contribution in [3.63, 3.8) is 0 Å². The van der Waals surface area contributed by atoms with Gasteiger partial charge in [-0.2, -0.15) is 0 Å². The summed E-state index contributed by atoms with van der Waals surface area (Å²) in [6, 6.07) is 2.72. The maximum absolute atomic E-state index is 13.6. The largest absolute Gasteiger partial charge is 0.373 e. The van der Waals surface area contributed by atoms with Gasteiger partial charge in [0.25, 0.3) is 5.91 Å². The standard InChI is InChI=1S/C13H16F2N2O2/c1-8(16)12-7-17(4-5-19-12)13(18)10-3-2-9(14)6-11(10)15/h2-3,6,8,12H,4-5,7,16H2,1H3/t8-,12-/m1/s1. The predicted molar refractivity (Wildman–Crippen MR) is 65.7 cm³/mol. The van der Waals surface area contributed by atoms with Gasteiger partial charge in [-0.15, -0.1) is 0 Å². The van der Waals surface area contributed by atoms with Crippen molar-refractivity contribution in [3.05, 3.63) is 35.4 Å². The Morgan fingerprint density at radius 1 is 1.53 bits per heavy atom. The molecule has 1 aromatic carbocycles. The Balaban J connectivity index is 2.15. The van der Waals surface area contributed by atoms with Crippen LogP contribution < -0.4 is 5.73 Å². The van der Waals surface area contributed by atoms with E-state index in [9.17, 15) is 13.6 Å². The maximum atomic E-state index is 13.6. The van der Waals surface area contributed by atoms with E-state index in [1.807, 2.05) is 0 Å². The van der Waals surface area contributed by atoms with E-state index in [1.165, 1.54) is 4.90 Å². The van der Waals surface area contributed by atoms with Crippen LogP contribution in [0.1, 0.15) is 17.3 Å². The van der Waals surface area contributed by atoms with Crippen molar-refractivity contribution in [1.82, 2.24) is 4.90 Å². The monoisotopic (exact) mass is 270 g/mol. The lowest BCUT2D eigenvalue weighted by Crippen LogP contribution is -2.51. The zero-order valence-electron chi connectivity index (χ0n) is 10.6. The van der Waals surface area contributed by atoms with Crippen molar-refractivity contribution in [1.29, 1.82) is 0 Å². The molecule has 0 saturated carbocycles. The number of halogens is 2. The van der Waals surface area contributed by atoms with E-state index in [0.717, 1.165) is 12.1 Å². The molecule has 2 rings (SSSR count). The zero-order chi connectivity index (χ0) is 14.0. The Kier molecular flexibility index (Phi) is 4.11. The van der Waals surface area contributed by atoms with Crippen molar-refractivity contribution in [3.8, 4) is 0 Å². The lowest BCUT2D eigenvalue weighted by molar-refractivity contribution is -0.0301. The smallest absolute Gasteiger partial charge is 0.257 e. The van der Waals surface area contributed by atoms with E-state index in [2.05, 4.69) is 0 Å². The van der Waals surface area contributed by atoms with E-state index in [-0.39, 0.29) is 17.7 Å². The molecule has 4 nitrogen and oxygen atoms in total. The number of ether oxygens (including phenoxy) is 1. The zero-order valence-corrected chi connectivity index (χ0v) is 10.6. The first-order valence-corrected chi connectivity index (χ1v) is 6.10. The van der Waals surface area contributed by atoms with Gasteiger partial charge in [-0.25, -0.2) is 8.78 Å². The number of carbonyl (C=O) groups excluding carboxylic acids is 1. The van der Waals surface area contributed by atoms with Gasteiger partial charge in [0.1, 0.15) is 11.6 Å². The number of nitrogens with zero attached hydrogens (tertiary/aromatic N) is 1. The summed E-state index contributed by atoms with van der Waals surface area (Å²) in [7, 11) is 0. The van der Waals surface area contributed by atoms with Gasteiger partial charge in [-0.3, -0.25) is 4.79 Å². The van der Waals surface area contributed by atoms with Gasteiger partial charge in [0.05, 0.1) is 18.3 Å². The minimum absolute atomic E-state index is 0.133. The molecule has 6 heteroatoms. The second kappa shape index (κ2) is 5.63. The van der Waals surface area contributed by atoms with Crippen molar-refractivity contribution in [2.45, 2.75) is 19.1 Å². The van der Waals surface area contributed by atoms with Crippen molar-refractivity contribution in [2.75, 3.05) is 19.7 Å². The van der Waals surface area contributed by atoms with Gasteiger partial charge >= 0.3 is 0 Å². The predicted octanol–water partition coefficient (Wildman–Crippen LogP) is 1.15. The highest BCUT2D eigenvalue weighted by atomic mass is 19.1. The Morgan fingerprint density at radius 2 is 2.26 bits per heavy atom. The number of hydrogen-bond acceptors (Lipinski definition) is 3. The molecule has 0 spiro atoms. The number of nitrogens with two attached hydrogens (primary N) is 1. The topological polar surface area (TPSA) is 55.6 Å². The molecule has 1 amide bonds. The molecule has 0 aromatic heterocycles. The Hall–Kier alpha value is -1.53. The fourth-order valence-electron chi connectivity index (χ4n) is 2.01. The van der Waals surface area contributed by atoms with Crippen LogP contribution in [0, 0.1) is 11.6 Å². The summed E-state index contributed by atoms with van der Waals surface area (Å²) in [5, 5.41) is 0. The third kappa shape index (κ3) is 3.08. The average molecular weight is 270 g/mol. The Labute approximate surface area is 110 Å². The third-order valence-corrected chi connectivity index (χ3v) is 3.13. The molecule has 2 atom stereocenters. The summed E-state index contributed by atoms with van der Waals surface area (Å²) >= 11 is 0. The second-order valence-electron chi connectivity index (χ2n) is 4.64. The number of morpholine rings is 1. The van der Waals surface area contributed by atoms with Gasteiger partial charge in [-0.1, -0.05) is 0 Å². The molecule has 1 heterocycles. The normalized spacial score (nSPS) is 21.3. The van der Waals surface area contributed by atoms with Crippen LogP contribution in [-0.2, 0) is 4.74 Å². The van der Waals surface area contributed by atoms with Gasteiger partial charge in [-0.05, 0) is 19.1 Å². The first-order chi connectivity index (χ1) is 8.99. The van der Waals surface area contributed by atoms with Crippen LogP contribution in [0.5, 0.6) is 0 Å². The van der Waals surface area contributed by atoms with Crippen LogP contribution in [0.4, 0.5) is 8.78 Å². The first-order valence-electron chi connectivity index (χ1n) is 6.10. The summed E-state index contributed by atoms with van der Waals surface area (Å²) < 4.78 is 31.8. The summed E-state index contributed by atoms with van der Waals surface area (Å²) in [6.07, 6.45) is -0.263. The van der Waals surface area contributed by atoms with Gasteiger partial charge < -0.3 is 15.4 Å². The Bertz CT molecular complexity index is 480. The van der Waals surface area contributed by atoms with E-state index >= 15 is 0 Å². The highest BCUT2D eigenvalue weighted by Crippen LogP contribution is 2.15. The summed E-state index contributed by atoms with van der Waals surface area (Å²) in [5.74, 6) is -2.02. The second-order valence-corrected chi connectivity index (χ2v) is 4.64. The van der Waals surface area contributed by atoms with Crippen molar-refractivity contribution < 1.29 is 18.3 Å². The minimum atomic E-state index is -0.853. The molecule has 1 saturated heterocycles. The molecule has 0 aliphatic carbocycles. The van der Waals surface area contributed by atoms with Crippen LogP contribution in [-0.4, -0.2) is 42.6 Å². The fraction of sp³-hybridized carbons (Fsp3) is 0.462. The number of amides is 1. The third-order valence-electron chi connectivity index (χ3n) is 3.13. The van der Waals surface area contributed by atoms with Crippen LogP contribution >= 0.6 is 0 Å². The quantitative estimate of drug-likeness (QED) is 0.877. The minimum Gasteiger partial charge on any atom is -0.373 e. The van der Waals surface area contributed by atoms with Crippen molar-refractivity contribution >= 4 is 5.91 Å². The lowest BCUT2D eigenvalue weighted by atomic mass is 10.1.